The predicted molar refractivity (Wildman–Crippen MR) is 136 cm³/mol. The molecule has 0 bridgehead atoms. The second-order valence-corrected chi connectivity index (χ2v) is 8.73. The summed E-state index contributed by atoms with van der Waals surface area (Å²) in [7, 11) is 1.64. The summed E-state index contributed by atoms with van der Waals surface area (Å²) in [5.41, 5.74) is 4.06. The van der Waals surface area contributed by atoms with Gasteiger partial charge in [-0.15, -0.1) is 10.2 Å². The normalized spacial score (nSPS) is 11.1. The molecule has 5 rings (SSSR count). The lowest BCUT2D eigenvalue weighted by molar-refractivity contribution is -0.116. The highest BCUT2D eigenvalue weighted by Gasteiger charge is 2.20. The maximum absolute atomic E-state index is 15.2. The lowest BCUT2D eigenvalue weighted by atomic mass is 9.99. The molecule has 5 aromatic rings. The van der Waals surface area contributed by atoms with Gasteiger partial charge in [0.15, 0.2) is 17.4 Å². The number of aryl methyl sites for hydroxylation is 3. The molecule has 0 radical (unpaired) electrons. The summed E-state index contributed by atoms with van der Waals surface area (Å²) in [5.74, 6) is -0.306. The van der Waals surface area contributed by atoms with Gasteiger partial charge in [-0.2, -0.15) is 0 Å². The molecule has 0 saturated heterocycles. The molecule has 0 aliphatic rings. The molecular weight excluding hydrogens is 477 g/mol. The van der Waals surface area contributed by atoms with Crippen molar-refractivity contribution in [3.8, 4) is 16.9 Å². The standard InChI is InChI=1S/C26H24FN7O3/c1-15-7-19(17-9-16(2)25(20(27)10-17)37-13-22-29-14-30-32-22)24-21(8-15)34(26(36)33(24)3)12-23(35)31-18-5-4-6-28-11-18/h4-11,14H,12-13H2,1-3H3,(H,31,35)(H,29,30,32). The molecule has 0 aliphatic carbocycles. The molecule has 11 heteroatoms. The third kappa shape index (κ3) is 4.70. The van der Waals surface area contributed by atoms with Crippen molar-refractivity contribution in [2.45, 2.75) is 27.0 Å². The van der Waals surface area contributed by atoms with E-state index in [2.05, 4.69) is 25.5 Å². The van der Waals surface area contributed by atoms with Crippen LogP contribution in [-0.4, -0.2) is 35.2 Å². The number of H-pyrrole nitrogens is 1. The van der Waals surface area contributed by atoms with Crippen LogP contribution in [0.5, 0.6) is 5.75 Å². The van der Waals surface area contributed by atoms with E-state index in [1.165, 1.54) is 27.7 Å². The predicted octanol–water partition coefficient (Wildman–Crippen LogP) is 3.49. The van der Waals surface area contributed by atoms with Gasteiger partial charge in [0.1, 0.15) is 19.5 Å². The number of hydrogen-bond acceptors (Lipinski definition) is 6. The highest BCUT2D eigenvalue weighted by atomic mass is 19.1. The molecule has 188 valence electrons. The lowest BCUT2D eigenvalue weighted by Crippen LogP contribution is -2.28. The second kappa shape index (κ2) is 9.69. The van der Waals surface area contributed by atoms with E-state index in [1.807, 2.05) is 25.1 Å². The first-order valence-corrected chi connectivity index (χ1v) is 11.5. The Kier molecular flexibility index (Phi) is 6.26. The van der Waals surface area contributed by atoms with Gasteiger partial charge in [-0.1, -0.05) is 0 Å². The number of benzene rings is 2. The van der Waals surface area contributed by atoms with Crippen molar-refractivity contribution in [2.24, 2.45) is 7.05 Å². The monoisotopic (exact) mass is 501 g/mol. The van der Waals surface area contributed by atoms with Crippen LogP contribution in [0.3, 0.4) is 0 Å². The molecule has 1 amide bonds. The van der Waals surface area contributed by atoms with Crippen LogP contribution in [-0.2, 0) is 25.0 Å². The highest BCUT2D eigenvalue weighted by molar-refractivity contribution is 5.96. The highest BCUT2D eigenvalue weighted by Crippen LogP contribution is 2.34. The average molecular weight is 502 g/mol. The number of pyridine rings is 1. The van der Waals surface area contributed by atoms with Gasteiger partial charge in [-0.05, 0) is 66.9 Å². The fourth-order valence-corrected chi connectivity index (χ4v) is 4.36. The third-order valence-electron chi connectivity index (χ3n) is 5.99. The number of rotatable bonds is 7. The first kappa shape index (κ1) is 23.9. The molecule has 37 heavy (non-hydrogen) atoms. The van der Waals surface area contributed by atoms with Gasteiger partial charge in [0.25, 0.3) is 0 Å². The second-order valence-electron chi connectivity index (χ2n) is 8.73. The molecule has 3 heterocycles. The van der Waals surface area contributed by atoms with Gasteiger partial charge in [-0.3, -0.25) is 18.9 Å². The molecule has 2 aromatic carbocycles. The van der Waals surface area contributed by atoms with Gasteiger partial charge in [0.2, 0.25) is 5.91 Å². The van der Waals surface area contributed by atoms with Crippen molar-refractivity contribution in [2.75, 3.05) is 5.32 Å². The molecule has 10 nitrogen and oxygen atoms in total. The maximum atomic E-state index is 15.2. The number of carbonyl (C=O) groups excluding carboxylic acids is 1. The molecule has 0 spiro atoms. The van der Waals surface area contributed by atoms with E-state index in [-0.39, 0.29) is 30.5 Å². The molecule has 0 atom stereocenters. The number of halogens is 1. The summed E-state index contributed by atoms with van der Waals surface area (Å²) in [6.45, 7) is 3.50. The fourth-order valence-electron chi connectivity index (χ4n) is 4.36. The van der Waals surface area contributed by atoms with Crippen LogP contribution >= 0.6 is 0 Å². The SMILES string of the molecule is Cc1cc(-c2cc(C)c(OCc3nnc[nH]3)c(F)c2)c2c(c1)n(CC(=O)Nc1cccnc1)c(=O)n2C. The van der Waals surface area contributed by atoms with Gasteiger partial charge >= 0.3 is 5.69 Å². The fraction of sp³-hybridized carbons (Fsp3) is 0.192. The Bertz CT molecular complexity index is 1630. The average Bonchev–Trinajstić information content (AvgIpc) is 3.46. The summed E-state index contributed by atoms with van der Waals surface area (Å²) < 4.78 is 23.7. The number of amides is 1. The zero-order valence-corrected chi connectivity index (χ0v) is 20.4. The summed E-state index contributed by atoms with van der Waals surface area (Å²) in [6, 6.07) is 10.4. The van der Waals surface area contributed by atoms with Crippen molar-refractivity contribution in [3.63, 3.8) is 0 Å². The van der Waals surface area contributed by atoms with Crippen LogP contribution < -0.4 is 15.7 Å². The number of aromatic nitrogens is 6. The summed E-state index contributed by atoms with van der Waals surface area (Å²) in [6.07, 6.45) is 4.56. The van der Waals surface area contributed by atoms with E-state index in [0.717, 1.165) is 5.56 Å². The number of fused-ring (bicyclic) bond motifs is 1. The number of ether oxygens (including phenoxy) is 1. The first-order chi connectivity index (χ1) is 17.8. The Labute approximate surface area is 210 Å². The van der Waals surface area contributed by atoms with E-state index < -0.39 is 5.82 Å². The minimum Gasteiger partial charge on any atom is -0.482 e. The smallest absolute Gasteiger partial charge is 0.329 e. The third-order valence-corrected chi connectivity index (χ3v) is 5.99. The van der Waals surface area contributed by atoms with E-state index in [1.54, 1.807) is 32.3 Å². The number of anilines is 1. The molecule has 0 saturated carbocycles. The molecule has 0 fully saturated rings. The molecule has 3 aromatic heterocycles. The Morgan fingerprint density at radius 2 is 2.05 bits per heavy atom. The topological polar surface area (TPSA) is 120 Å². The van der Waals surface area contributed by atoms with Gasteiger partial charge < -0.3 is 15.0 Å². The van der Waals surface area contributed by atoms with E-state index in [9.17, 15) is 9.59 Å². The Balaban J connectivity index is 1.52. The van der Waals surface area contributed by atoms with Crippen molar-refractivity contribution >= 4 is 22.6 Å². The van der Waals surface area contributed by atoms with Gasteiger partial charge in [0.05, 0.1) is 22.9 Å². The Morgan fingerprint density at radius 1 is 1.22 bits per heavy atom. The van der Waals surface area contributed by atoms with Crippen molar-refractivity contribution in [1.29, 1.82) is 0 Å². The summed E-state index contributed by atoms with van der Waals surface area (Å²) in [5, 5.41) is 10.3. The summed E-state index contributed by atoms with van der Waals surface area (Å²) in [4.78, 5) is 32.7. The van der Waals surface area contributed by atoms with Crippen LogP contribution in [0, 0.1) is 19.7 Å². The minimum absolute atomic E-state index is 0.0459. The van der Waals surface area contributed by atoms with Gasteiger partial charge in [-0.25, -0.2) is 9.18 Å². The summed E-state index contributed by atoms with van der Waals surface area (Å²) >= 11 is 0. The quantitative estimate of drug-likeness (QED) is 0.352. The number of hydrogen-bond donors (Lipinski definition) is 2. The van der Waals surface area contributed by atoms with E-state index in [0.29, 0.717) is 39.2 Å². The number of nitrogens with one attached hydrogen (secondary N) is 2. The first-order valence-electron chi connectivity index (χ1n) is 11.5. The molecular formula is C26H24FN7O3. The number of carbonyl (C=O) groups is 1. The van der Waals surface area contributed by atoms with Crippen molar-refractivity contribution < 1.29 is 13.9 Å². The zero-order valence-electron chi connectivity index (χ0n) is 20.4. The maximum Gasteiger partial charge on any atom is 0.329 e. The number of nitrogens with zero attached hydrogens (tertiary/aromatic N) is 5. The Hall–Kier alpha value is -4.80. The van der Waals surface area contributed by atoms with Crippen LogP contribution in [0.1, 0.15) is 17.0 Å². The van der Waals surface area contributed by atoms with Crippen molar-refractivity contribution in [3.05, 3.63) is 88.4 Å². The molecule has 2 N–H and O–H groups in total. The van der Waals surface area contributed by atoms with E-state index >= 15 is 4.39 Å². The zero-order chi connectivity index (χ0) is 26.1. The number of imidazole rings is 1. The van der Waals surface area contributed by atoms with Crippen LogP contribution in [0.4, 0.5) is 10.1 Å². The largest absolute Gasteiger partial charge is 0.482 e. The van der Waals surface area contributed by atoms with Crippen LogP contribution in [0.25, 0.3) is 22.2 Å². The van der Waals surface area contributed by atoms with Crippen molar-refractivity contribution in [1.82, 2.24) is 29.3 Å². The number of aromatic amines is 1. The lowest BCUT2D eigenvalue weighted by Gasteiger charge is -2.13. The van der Waals surface area contributed by atoms with Crippen LogP contribution in [0.2, 0.25) is 0 Å². The minimum atomic E-state index is -0.538. The van der Waals surface area contributed by atoms with Crippen LogP contribution in [0.15, 0.2) is 59.9 Å². The molecule has 0 aliphatic heterocycles. The molecule has 0 unspecified atom stereocenters. The van der Waals surface area contributed by atoms with E-state index in [4.69, 9.17) is 4.74 Å². The van der Waals surface area contributed by atoms with Gasteiger partial charge in [0, 0.05) is 18.8 Å². The Morgan fingerprint density at radius 3 is 2.76 bits per heavy atom.